The second-order valence-corrected chi connectivity index (χ2v) is 8.59. The maximum absolute atomic E-state index is 13.0. The molecule has 2 N–H and O–H groups in total. The molecule has 0 atom stereocenters. The van der Waals surface area contributed by atoms with Crippen LogP contribution >= 0.6 is 11.3 Å². The normalized spacial score (nSPS) is 20.5. The molecule has 27 heavy (non-hydrogen) atoms. The number of hydrogen-bond acceptors (Lipinski definition) is 5. The Hall–Kier alpha value is -2.19. The minimum absolute atomic E-state index is 0.00214. The van der Waals surface area contributed by atoms with E-state index in [1.807, 2.05) is 4.90 Å². The lowest BCUT2D eigenvalue weighted by molar-refractivity contribution is -0.0906. The summed E-state index contributed by atoms with van der Waals surface area (Å²) in [5, 5.41) is 16.6. The van der Waals surface area contributed by atoms with Gasteiger partial charge in [0.2, 0.25) is 0 Å². The van der Waals surface area contributed by atoms with Crippen LogP contribution in [0.15, 0.2) is 6.07 Å². The molecule has 0 bridgehead atoms. The number of carboxylic acid groups (broad SMARTS) is 1. The lowest BCUT2D eigenvalue weighted by atomic mass is 9.85. The number of aromatic carboxylic acids is 1. The number of fused-ring (bicyclic) bond motifs is 3. The Kier molecular flexibility index (Phi) is 3.87. The van der Waals surface area contributed by atoms with Crippen LogP contribution in [0.1, 0.15) is 61.1 Å². The number of hydrogen-bond donors (Lipinski definition) is 2. The molecule has 142 valence electrons. The van der Waals surface area contributed by atoms with E-state index >= 15 is 0 Å². The standard InChI is InChI=1S/C19H21N3O4S/c23-17(15-12-2-1-3-13(12)20-21-15)22-7-5-19(6-8-22)16-11(4-9-26-19)10-14(27-16)18(24)25/h10H,1-9H2,(H,20,21)(H,24,25). The van der Waals surface area contributed by atoms with Gasteiger partial charge in [0.25, 0.3) is 5.91 Å². The predicted octanol–water partition coefficient (Wildman–Crippen LogP) is 2.36. The van der Waals surface area contributed by atoms with Gasteiger partial charge in [0, 0.05) is 29.2 Å². The summed E-state index contributed by atoms with van der Waals surface area (Å²) < 4.78 is 6.18. The fraction of sp³-hybridized carbons (Fsp3) is 0.526. The molecule has 5 rings (SSSR count). The van der Waals surface area contributed by atoms with Crippen molar-refractivity contribution < 1.29 is 19.4 Å². The number of aryl methyl sites for hydroxylation is 1. The van der Waals surface area contributed by atoms with E-state index in [-0.39, 0.29) is 5.91 Å². The van der Waals surface area contributed by atoms with Crippen LogP contribution in [0.4, 0.5) is 0 Å². The zero-order chi connectivity index (χ0) is 18.6. The number of nitrogens with one attached hydrogen (secondary N) is 1. The molecule has 1 amide bonds. The molecule has 0 aromatic carbocycles. The number of carbonyl (C=O) groups is 2. The van der Waals surface area contributed by atoms with Crippen LogP contribution in [0.5, 0.6) is 0 Å². The molecule has 1 aliphatic carbocycles. The highest BCUT2D eigenvalue weighted by atomic mass is 32.1. The number of ether oxygens (including phenoxy) is 1. The Labute approximate surface area is 160 Å². The Morgan fingerprint density at radius 3 is 2.85 bits per heavy atom. The minimum atomic E-state index is -0.885. The number of likely N-dealkylation sites (tertiary alicyclic amines) is 1. The summed E-state index contributed by atoms with van der Waals surface area (Å²) in [5.74, 6) is -0.887. The summed E-state index contributed by atoms with van der Waals surface area (Å²) in [4.78, 5) is 27.6. The van der Waals surface area contributed by atoms with Gasteiger partial charge in [0.1, 0.15) is 10.5 Å². The number of thiophene rings is 1. The van der Waals surface area contributed by atoms with Gasteiger partial charge in [-0.25, -0.2) is 4.79 Å². The van der Waals surface area contributed by atoms with Crippen LogP contribution in [0, 0.1) is 0 Å². The number of piperidine rings is 1. The summed E-state index contributed by atoms with van der Waals surface area (Å²) in [6.07, 6.45) is 5.11. The highest BCUT2D eigenvalue weighted by Gasteiger charge is 2.44. The number of amides is 1. The summed E-state index contributed by atoms with van der Waals surface area (Å²) in [5.41, 5.74) is 3.41. The van der Waals surface area contributed by atoms with Gasteiger partial charge >= 0.3 is 5.97 Å². The lowest BCUT2D eigenvalue weighted by Gasteiger charge is -2.43. The lowest BCUT2D eigenvalue weighted by Crippen LogP contribution is -2.48. The maximum Gasteiger partial charge on any atom is 0.345 e. The number of carbonyl (C=O) groups excluding carboxylic acids is 1. The molecule has 7 nitrogen and oxygen atoms in total. The molecule has 1 saturated heterocycles. The van der Waals surface area contributed by atoms with Crippen LogP contribution in [-0.2, 0) is 29.6 Å². The van der Waals surface area contributed by atoms with Crippen LogP contribution in [0.3, 0.4) is 0 Å². The average molecular weight is 387 g/mol. The topological polar surface area (TPSA) is 95.5 Å². The van der Waals surface area contributed by atoms with E-state index in [0.717, 1.165) is 47.4 Å². The molecule has 0 unspecified atom stereocenters. The van der Waals surface area contributed by atoms with Crippen LogP contribution < -0.4 is 0 Å². The molecule has 4 heterocycles. The molecule has 1 fully saturated rings. The maximum atomic E-state index is 13.0. The Morgan fingerprint density at radius 2 is 2.07 bits per heavy atom. The Bertz CT molecular complexity index is 924. The first-order valence-electron chi connectivity index (χ1n) is 9.43. The van der Waals surface area contributed by atoms with Gasteiger partial charge in [-0.2, -0.15) is 5.10 Å². The van der Waals surface area contributed by atoms with E-state index in [2.05, 4.69) is 10.2 Å². The van der Waals surface area contributed by atoms with Crippen LogP contribution in [-0.4, -0.2) is 51.8 Å². The molecule has 2 aromatic heterocycles. The molecule has 3 aliphatic rings. The van der Waals surface area contributed by atoms with Crippen molar-refractivity contribution >= 4 is 23.2 Å². The Morgan fingerprint density at radius 1 is 1.26 bits per heavy atom. The molecule has 2 aliphatic heterocycles. The van der Waals surface area contributed by atoms with E-state index in [0.29, 0.717) is 43.1 Å². The Balaban J connectivity index is 1.36. The molecular formula is C19H21N3O4S. The monoisotopic (exact) mass is 387 g/mol. The summed E-state index contributed by atoms with van der Waals surface area (Å²) in [6, 6.07) is 1.79. The van der Waals surface area contributed by atoms with Crippen LogP contribution in [0.2, 0.25) is 0 Å². The van der Waals surface area contributed by atoms with Crippen molar-refractivity contribution in [3.05, 3.63) is 38.3 Å². The summed E-state index contributed by atoms with van der Waals surface area (Å²) >= 11 is 1.33. The number of aromatic nitrogens is 2. The second-order valence-electron chi connectivity index (χ2n) is 7.54. The minimum Gasteiger partial charge on any atom is -0.477 e. The van der Waals surface area contributed by atoms with E-state index < -0.39 is 11.6 Å². The fourth-order valence-electron chi connectivity index (χ4n) is 4.62. The zero-order valence-electron chi connectivity index (χ0n) is 14.9. The first kappa shape index (κ1) is 16.9. The first-order chi connectivity index (χ1) is 13.1. The highest BCUT2D eigenvalue weighted by Crippen LogP contribution is 2.45. The van der Waals surface area contributed by atoms with Gasteiger partial charge in [-0.05, 0) is 50.2 Å². The highest BCUT2D eigenvalue weighted by molar-refractivity contribution is 7.14. The van der Waals surface area contributed by atoms with E-state index in [9.17, 15) is 14.7 Å². The van der Waals surface area contributed by atoms with Gasteiger partial charge in [-0.3, -0.25) is 9.89 Å². The summed E-state index contributed by atoms with van der Waals surface area (Å²) in [7, 11) is 0. The molecule has 1 spiro atoms. The van der Waals surface area contributed by atoms with Gasteiger partial charge < -0.3 is 14.7 Å². The smallest absolute Gasteiger partial charge is 0.345 e. The van der Waals surface area contributed by atoms with Crippen molar-refractivity contribution in [1.82, 2.24) is 15.1 Å². The van der Waals surface area contributed by atoms with E-state index in [1.54, 1.807) is 6.07 Å². The van der Waals surface area contributed by atoms with Gasteiger partial charge in [-0.1, -0.05) is 0 Å². The number of aromatic amines is 1. The van der Waals surface area contributed by atoms with Gasteiger partial charge in [-0.15, -0.1) is 11.3 Å². The van der Waals surface area contributed by atoms with Crippen molar-refractivity contribution in [2.75, 3.05) is 19.7 Å². The predicted molar refractivity (Wildman–Crippen MR) is 98.4 cm³/mol. The molecule has 2 aromatic rings. The third kappa shape index (κ3) is 2.62. The van der Waals surface area contributed by atoms with Crippen molar-refractivity contribution in [3.63, 3.8) is 0 Å². The number of carboxylic acids is 1. The van der Waals surface area contributed by atoms with Crippen LogP contribution in [0.25, 0.3) is 0 Å². The third-order valence-corrected chi connectivity index (χ3v) is 7.40. The van der Waals surface area contributed by atoms with Gasteiger partial charge in [0.05, 0.1) is 6.61 Å². The molecule has 8 heteroatoms. The van der Waals surface area contributed by atoms with Crippen molar-refractivity contribution in [1.29, 1.82) is 0 Å². The van der Waals surface area contributed by atoms with E-state index in [4.69, 9.17) is 4.74 Å². The van der Waals surface area contributed by atoms with Gasteiger partial charge in [0.15, 0.2) is 5.69 Å². The molecular weight excluding hydrogens is 366 g/mol. The summed E-state index contributed by atoms with van der Waals surface area (Å²) in [6.45, 7) is 1.80. The zero-order valence-corrected chi connectivity index (χ0v) is 15.7. The number of H-pyrrole nitrogens is 1. The first-order valence-corrected chi connectivity index (χ1v) is 10.2. The third-order valence-electron chi connectivity index (χ3n) is 6.05. The van der Waals surface area contributed by atoms with Crippen molar-refractivity contribution in [2.45, 2.75) is 44.1 Å². The van der Waals surface area contributed by atoms with Crippen molar-refractivity contribution in [2.24, 2.45) is 0 Å². The fourth-order valence-corrected chi connectivity index (χ4v) is 5.87. The largest absolute Gasteiger partial charge is 0.477 e. The van der Waals surface area contributed by atoms with E-state index in [1.165, 1.54) is 11.3 Å². The quantitative estimate of drug-likeness (QED) is 0.825. The average Bonchev–Trinajstić information content (AvgIpc) is 3.37. The second kappa shape index (κ2) is 6.17. The molecule has 0 radical (unpaired) electrons. The SMILES string of the molecule is O=C(O)c1cc2c(s1)C1(CCN(C(=O)c3n[nH]c4c3CCC4)CC1)OCC2. The number of rotatable bonds is 2. The molecule has 0 saturated carbocycles. The number of nitrogens with zero attached hydrogens (tertiary/aromatic N) is 2. The van der Waals surface area contributed by atoms with Crippen molar-refractivity contribution in [3.8, 4) is 0 Å².